The van der Waals surface area contributed by atoms with Crippen molar-refractivity contribution in [1.29, 1.82) is 0 Å². The number of rotatable bonds is 3. The van der Waals surface area contributed by atoms with Crippen LogP contribution >= 0.6 is 0 Å². The molecule has 1 amide bonds. The topological polar surface area (TPSA) is 40.6 Å². The van der Waals surface area contributed by atoms with Crippen molar-refractivity contribution in [1.82, 2.24) is 9.80 Å². The van der Waals surface area contributed by atoms with Crippen molar-refractivity contribution in [3.63, 3.8) is 0 Å². The number of hydrogen-bond acceptors (Lipinski definition) is 3. The summed E-state index contributed by atoms with van der Waals surface area (Å²) in [5.74, 6) is 0. The van der Waals surface area contributed by atoms with E-state index < -0.39 is 0 Å². The first-order chi connectivity index (χ1) is 6.33. The summed E-state index contributed by atoms with van der Waals surface area (Å²) in [7, 11) is 0. The lowest BCUT2D eigenvalue weighted by Crippen LogP contribution is -2.30. The molecule has 0 saturated carbocycles. The van der Waals surface area contributed by atoms with Crippen LogP contribution in [0.1, 0.15) is 0 Å². The molecule has 2 aliphatic rings. The monoisotopic (exact) mass is 180 g/mol. The van der Waals surface area contributed by atoms with Crippen molar-refractivity contribution in [2.75, 3.05) is 32.7 Å². The highest BCUT2D eigenvalue weighted by Crippen LogP contribution is 2.23. The van der Waals surface area contributed by atoms with E-state index in [0.717, 1.165) is 38.9 Å². The van der Waals surface area contributed by atoms with E-state index >= 15 is 0 Å². The van der Waals surface area contributed by atoms with Gasteiger partial charge in [0, 0.05) is 26.2 Å². The highest BCUT2D eigenvalue weighted by molar-refractivity contribution is 5.55. The molecule has 0 aromatic rings. The van der Waals surface area contributed by atoms with Gasteiger partial charge in [-0.3, -0.25) is 9.69 Å². The number of hydrogen-bond donors (Lipinski definition) is 0. The van der Waals surface area contributed by atoms with Gasteiger partial charge in [0.25, 0.3) is 0 Å². The molecule has 2 rings (SSSR count). The molecule has 0 bridgehead atoms. The number of aldehydes is 1. The molecule has 0 aromatic heterocycles. The predicted octanol–water partition coefficient (Wildman–Crippen LogP) is -0.730. The second-order valence-corrected chi connectivity index (χ2v) is 3.55. The minimum atomic E-state index is 0.508. The van der Waals surface area contributed by atoms with E-state index in [9.17, 15) is 9.59 Å². The van der Waals surface area contributed by atoms with Crippen molar-refractivity contribution in [3.05, 3.63) is 11.1 Å². The van der Waals surface area contributed by atoms with Crippen molar-refractivity contribution in [2.24, 2.45) is 0 Å². The number of nitrogens with zero attached hydrogens (tertiary/aromatic N) is 2. The van der Waals surface area contributed by atoms with Crippen LogP contribution in [0.3, 0.4) is 0 Å². The number of amides is 1. The van der Waals surface area contributed by atoms with E-state index in [4.69, 9.17) is 0 Å². The SMILES string of the molecule is O=CCN1CC2=C(CN(C=O)C2)C1. The number of carbonyl (C=O) groups is 2. The Balaban J connectivity index is 1.93. The van der Waals surface area contributed by atoms with Crippen molar-refractivity contribution >= 4 is 12.7 Å². The van der Waals surface area contributed by atoms with Crippen LogP contribution in [0, 0.1) is 0 Å². The highest BCUT2D eigenvalue weighted by Gasteiger charge is 2.28. The van der Waals surface area contributed by atoms with Gasteiger partial charge in [0.2, 0.25) is 6.41 Å². The fourth-order valence-corrected chi connectivity index (χ4v) is 2.00. The average Bonchev–Trinajstić information content (AvgIpc) is 2.61. The zero-order chi connectivity index (χ0) is 9.26. The molecule has 2 aliphatic heterocycles. The Morgan fingerprint density at radius 3 is 2.15 bits per heavy atom. The fraction of sp³-hybridized carbons (Fsp3) is 0.556. The van der Waals surface area contributed by atoms with Gasteiger partial charge in [-0.25, -0.2) is 0 Å². The summed E-state index contributed by atoms with van der Waals surface area (Å²) in [6, 6.07) is 0. The predicted molar refractivity (Wildman–Crippen MR) is 47.2 cm³/mol. The van der Waals surface area contributed by atoms with Gasteiger partial charge in [-0.05, 0) is 11.1 Å². The van der Waals surface area contributed by atoms with Crippen LogP contribution in [0.2, 0.25) is 0 Å². The standard InChI is InChI=1S/C9H12N2O2/c12-2-1-10-3-8-5-11(7-13)6-9(8)4-10/h2,7H,1,3-6H2. The third kappa shape index (κ3) is 1.49. The molecule has 0 aliphatic carbocycles. The van der Waals surface area contributed by atoms with Crippen molar-refractivity contribution in [3.8, 4) is 0 Å². The molecule has 0 saturated heterocycles. The smallest absolute Gasteiger partial charge is 0.210 e. The molecule has 0 atom stereocenters. The Morgan fingerprint density at radius 1 is 1.08 bits per heavy atom. The average molecular weight is 180 g/mol. The molecule has 0 unspecified atom stereocenters. The van der Waals surface area contributed by atoms with Crippen molar-refractivity contribution < 1.29 is 9.59 Å². The first-order valence-electron chi connectivity index (χ1n) is 4.38. The molecular weight excluding hydrogens is 168 g/mol. The molecule has 2 heterocycles. The summed E-state index contributed by atoms with van der Waals surface area (Å²) in [5.41, 5.74) is 2.66. The molecule has 4 heteroatoms. The van der Waals surface area contributed by atoms with Crippen LogP contribution in [0.25, 0.3) is 0 Å². The van der Waals surface area contributed by atoms with Gasteiger partial charge in [0.15, 0.2) is 0 Å². The van der Waals surface area contributed by atoms with Gasteiger partial charge in [-0.1, -0.05) is 0 Å². The highest BCUT2D eigenvalue weighted by atomic mass is 16.1. The Morgan fingerprint density at radius 2 is 1.69 bits per heavy atom. The summed E-state index contributed by atoms with van der Waals surface area (Å²) in [4.78, 5) is 24.6. The van der Waals surface area contributed by atoms with E-state index in [1.54, 1.807) is 4.90 Å². The second-order valence-electron chi connectivity index (χ2n) is 3.55. The van der Waals surface area contributed by atoms with Gasteiger partial charge in [0.05, 0.1) is 6.54 Å². The van der Waals surface area contributed by atoms with Crippen molar-refractivity contribution in [2.45, 2.75) is 0 Å². The third-order valence-corrected chi connectivity index (χ3v) is 2.60. The quantitative estimate of drug-likeness (QED) is 0.424. The fourth-order valence-electron chi connectivity index (χ4n) is 2.00. The molecule has 4 nitrogen and oxygen atoms in total. The van der Waals surface area contributed by atoms with Crippen LogP contribution in [-0.2, 0) is 9.59 Å². The van der Waals surface area contributed by atoms with E-state index in [-0.39, 0.29) is 0 Å². The lowest BCUT2D eigenvalue weighted by molar-refractivity contribution is -0.117. The van der Waals surface area contributed by atoms with E-state index in [2.05, 4.69) is 4.90 Å². The van der Waals surface area contributed by atoms with Crippen LogP contribution < -0.4 is 0 Å². The lowest BCUT2D eigenvalue weighted by Gasteiger charge is -2.17. The summed E-state index contributed by atoms with van der Waals surface area (Å²) in [6.07, 6.45) is 1.82. The first kappa shape index (κ1) is 8.44. The van der Waals surface area contributed by atoms with Gasteiger partial charge in [-0.2, -0.15) is 0 Å². The molecule has 0 fully saturated rings. The lowest BCUT2D eigenvalue weighted by atomic mass is 10.2. The van der Waals surface area contributed by atoms with Gasteiger partial charge in [0.1, 0.15) is 6.29 Å². The van der Waals surface area contributed by atoms with Gasteiger partial charge in [-0.15, -0.1) is 0 Å². The van der Waals surface area contributed by atoms with Crippen LogP contribution in [0.5, 0.6) is 0 Å². The molecule has 0 spiro atoms. The molecular formula is C9H12N2O2. The summed E-state index contributed by atoms with van der Waals surface area (Å²) >= 11 is 0. The summed E-state index contributed by atoms with van der Waals surface area (Å²) < 4.78 is 0. The first-order valence-corrected chi connectivity index (χ1v) is 4.38. The van der Waals surface area contributed by atoms with Crippen LogP contribution in [0.4, 0.5) is 0 Å². The normalized spacial score (nSPS) is 22.3. The second kappa shape index (κ2) is 3.30. The Bertz CT molecular complexity index is 255. The van der Waals surface area contributed by atoms with E-state index in [1.165, 1.54) is 11.1 Å². The van der Waals surface area contributed by atoms with Crippen LogP contribution in [0.15, 0.2) is 11.1 Å². The molecule has 13 heavy (non-hydrogen) atoms. The Kier molecular flexibility index (Phi) is 2.14. The zero-order valence-corrected chi connectivity index (χ0v) is 7.40. The molecule has 0 radical (unpaired) electrons. The number of carbonyl (C=O) groups excluding carboxylic acids is 2. The van der Waals surface area contributed by atoms with E-state index in [0.29, 0.717) is 6.54 Å². The molecule has 70 valence electrons. The largest absolute Gasteiger partial charge is 0.337 e. The Hall–Kier alpha value is -1.16. The van der Waals surface area contributed by atoms with Crippen LogP contribution in [-0.4, -0.2) is 55.2 Å². The summed E-state index contributed by atoms with van der Waals surface area (Å²) in [6.45, 7) is 3.74. The summed E-state index contributed by atoms with van der Waals surface area (Å²) in [5, 5.41) is 0. The Labute approximate surface area is 76.8 Å². The van der Waals surface area contributed by atoms with E-state index in [1.807, 2.05) is 0 Å². The minimum absolute atomic E-state index is 0.508. The minimum Gasteiger partial charge on any atom is -0.337 e. The maximum atomic E-state index is 10.5. The third-order valence-electron chi connectivity index (χ3n) is 2.60. The van der Waals surface area contributed by atoms with Gasteiger partial charge >= 0.3 is 0 Å². The molecule has 0 aromatic carbocycles. The van der Waals surface area contributed by atoms with Gasteiger partial charge < -0.3 is 9.69 Å². The maximum Gasteiger partial charge on any atom is 0.210 e. The maximum absolute atomic E-state index is 10.5. The zero-order valence-electron chi connectivity index (χ0n) is 7.40. The molecule has 0 N–H and O–H groups in total.